The predicted octanol–water partition coefficient (Wildman–Crippen LogP) is 3.82. The van der Waals surface area contributed by atoms with Gasteiger partial charge in [0.15, 0.2) is 0 Å². The van der Waals surface area contributed by atoms with Gasteiger partial charge in [0.25, 0.3) is 0 Å². The van der Waals surface area contributed by atoms with Crippen molar-refractivity contribution in [3.05, 3.63) is 69.7 Å². The first-order valence-electron chi connectivity index (χ1n) is 5.99. The highest BCUT2D eigenvalue weighted by molar-refractivity contribution is 6.35. The van der Waals surface area contributed by atoms with Crippen molar-refractivity contribution in [2.24, 2.45) is 0 Å². The Balaban J connectivity index is 1.99. The Morgan fingerprint density at radius 3 is 2.44 bits per heavy atom. The van der Waals surface area contributed by atoms with E-state index in [4.69, 9.17) is 23.2 Å². The fourth-order valence-corrected chi connectivity index (χ4v) is 2.37. The summed E-state index contributed by atoms with van der Waals surface area (Å²) in [7, 11) is 0. The van der Waals surface area contributed by atoms with Gasteiger partial charge >= 0.3 is 0 Å². The molecule has 0 fully saturated rings. The van der Waals surface area contributed by atoms with E-state index in [1.807, 2.05) is 18.2 Å². The monoisotopic (exact) mass is 280 g/mol. The minimum Gasteiger partial charge on any atom is -0.337 e. The van der Waals surface area contributed by atoms with Crippen molar-refractivity contribution in [2.75, 3.05) is 0 Å². The van der Waals surface area contributed by atoms with Gasteiger partial charge in [-0.25, -0.2) is 0 Å². The lowest BCUT2D eigenvalue weighted by molar-refractivity contribution is -0.707. The van der Waals surface area contributed by atoms with E-state index in [9.17, 15) is 0 Å². The molecule has 94 valence electrons. The van der Waals surface area contributed by atoms with E-state index in [2.05, 4.69) is 36.5 Å². The molecule has 0 bridgehead atoms. The normalized spacial score (nSPS) is 12.4. The van der Waals surface area contributed by atoms with Crippen molar-refractivity contribution >= 4 is 23.2 Å². The third kappa shape index (κ3) is 3.49. The van der Waals surface area contributed by atoms with Gasteiger partial charge in [-0.05, 0) is 19.1 Å². The molecule has 2 N–H and O–H groups in total. The number of benzene rings is 2. The molecule has 0 amide bonds. The Bertz CT molecular complexity index is 511. The van der Waals surface area contributed by atoms with Crippen LogP contribution in [0.3, 0.4) is 0 Å². The van der Waals surface area contributed by atoms with Crippen LogP contribution in [0.1, 0.15) is 24.1 Å². The summed E-state index contributed by atoms with van der Waals surface area (Å²) in [5.74, 6) is 0. The molecule has 0 aromatic heterocycles. The van der Waals surface area contributed by atoms with E-state index in [-0.39, 0.29) is 0 Å². The van der Waals surface area contributed by atoms with Gasteiger partial charge < -0.3 is 5.32 Å². The molecule has 2 aromatic rings. The Labute approximate surface area is 118 Å². The zero-order chi connectivity index (χ0) is 13.0. The second-order valence-corrected chi connectivity index (χ2v) is 5.22. The lowest BCUT2D eigenvalue weighted by Gasteiger charge is -2.11. The minimum absolute atomic E-state index is 0.415. The van der Waals surface area contributed by atoms with Crippen LogP contribution in [0, 0.1) is 0 Å². The molecule has 0 aliphatic heterocycles. The first kappa shape index (κ1) is 13.4. The topological polar surface area (TPSA) is 16.6 Å². The third-order valence-corrected chi connectivity index (χ3v) is 3.62. The van der Waals surface area contributed by atoms with Crippen LogP contribution in [0.15, 0.2) is 48.5 Å². The molecule has 0 spiro atoms. The molecule has 2 aromatic carbocycles. The Morgan fingerprint density at radius 2 is 1.78 bits per heavy atom. The second-order valence-electron chi connectivity index (χ2n) is 4.37. The zero-order valence-electron chi connectivity index (χ0n) is 10.2. The molecular weight excluding hydrogens is 265 g/mol. The second kappa shape index (κ2) is 6.24. The van der Waals surface area contributed by atoms with Gasteiger partial charge in [0.2, 0.25) is 0 Å². The van der Waals surface area contributed by atoms with Crippen molar-refractivity contribution in [1.82, 2.24) is 0 Å². The van der Waals surface area contributed by atoms with Crippen molar-refractivity contribution in [2.45, 2.75) is 19.5 Å². The van der Waals surface area contributed by atoms with E-state index in [0.717, 1.165) is 17.1 Å². The molecule has 0 aliphatic rings. The fraction of sp³-hybridized carbons (Fsp3) is 0.200. The summed E-state index contributed by atoms with van der Waals surface area (Å²) in [6.07, 6.45) is 0. The zero-order valence-corrected chi connectivity index (χ0v) is 11.7. The summed E-state index contributed by atoms with van der Waals surface area (Å²) < 4.78 is 0. The van der Waals surface area contributed by atoms with E-state index < -0.39 is 0 Å². The Kier molecular flexibility index (Phi) is 4.65. The summed E-state index contributed by atoms with van der Waals surface area (Å²) in [5, 5.41) is 3.68. The maximum Gasteiger partial charge on any atom is 0.109 e. The van der Waals surface area contributed by atoms with Crippen LogP contribution >= 0.6 is 23.2 Å². The summed E-state index contributed by atoms with van der Waals surface area (Å²) in [4.78, 5) is 0. The van der Waals surface area contributed by atoms with Gasteiger partial charge in [-0.3, -0.25) is 0 Å². The van der Waals surface area contributed by atoms with Crippen LogP contribution in [0.5, 0.6) is 0 Å². The number of nitrogens with two attached hydrogens (primary N) is 1. The molecule has 0 aliphatic carbocycles. The van der Waals surface area contributed by atoms with Crippen molar-refractivity contribution in [3.63, 3.8) is 0 Å². The standard InChI is InChI=1S/C15H15Cl2N/c1-11(12-5-3-2-4-6-12)18-10-13-7-8-14(16)9-15(13)17/h2-9,11,18H,10H2,1H3/p+1/t11-/m1/s1. The first-order valence-corrected chi connectivity index (χ1v) is 6.74. The highest BCUT2D eigenvalue weighted by Crippen LogP contribution is 2.20. The molecule has 18 heavy (non-hydrogen) atoms. The van der Waals surface area contributed by atoms with Crippen LogP contribution in [0.25, 0.3) is 0 Å². The third-order valence-electron chi connectivity index (χ3n) is 3.03. The molecule has 0 radical (unpaired) electrons. The molecule has 0 heterocycles. The lowest BCUT2D eigenvalue weighted by atomic mass is 10.1. The van der Waals surface area contributed by atoms with Crippen LogP contribution in [-0.2, 0) is 6.54 Å². The number of hydrogen-bond donors (Lipinski definition) is 1. The average molecular weight is 281 g/mol. The van der Waals surface area contributed by atoms with E-state index in [1.165, 1.54) is 5.56 Å². The van der Waals surface area contributed by atoms with Gasteiger partial charge in [-0.1, -0.05) is 59.6 Å². The highest BCUT2D eigenvalue weighted by atomic mass is 35.5. The molecule has 0 unspecified atom stereocenters. The van der Waals surface area contributed by atoms with Crippen LogP contribution < -0.4 is 5.32 Å². The van der Waals surface area contributed by atoms with Gasteiger partial charge in [0.05, 0.1) is 5.02 Å². The van der Waals surface area contributed by atoms with E-state index in [0.29, 0.717) is 11.1 Å². The molecule has 2 rings (SSSR count). The Morgan fingerprint density at radius 1 is 1.06 bits per heavy atom. The van der Waals surface area contributed by atoms with Gasteiger partial charge in [-0.2, -0.15) is 0 Å². The highest BCUT2D eigenvalue weighted by Gasteiger charge is 2.09. The SMILES string of the molecule is C[C@@H]([NH2+]Cc1ccc(Cl)cc1Cl)c1ccccc1. The van der Waals surface area contributed by atoms with Crippen molar-refractivity contribution in [3.8, 4) is 0 Å². The number of rotatable bonds is 4. The number of quaternary nitrogens is 1. The van der Waals surface area contributed by atoms with E-state index >= 15 is 0 Å². The molecule has 3 heteroatoms. The molecule has 0 saturated carbocycles. The number of halogens is 2. The molecule has 0 saturated heterocycles. The van der Waals surface area contributed by atoms with Gasteiger partial charge in [0.1, 0.15) is 12.6 Å². The largest absolute Gasteiger partial charge is 0.337 e. The Hall–Kier alpha value is -1.02. The maximum atomic E-state index is 6.15. The molecule has 1 atom stereocenters. The smallest absolute Gasteiger partial charge is 0.109 e. The summed E-state index contributed by atoms with van der Waals surface area (Å²) >= 11 is 12.0. The van der Waals surface area contributed by atoms with Crippen molar-refractivity contribution in [1.29, 1.82) is 0 Å². The van der Waals surface area contributed by atoms with Crippen LogP contribution in [0.2, 0.25) is 10.0 Å². The lowest BCUT2D eigenvalue weighted by Crippen LogP contribution is -2.83. The molecule has 1 nitrogen and oxygen atoms in total. The average Bonchev–Trinajstić information content (AvgIpc) is 2.38. The van der Waals surface area contributed by atoms with Crippen LogP contribution in [0.4, 0.5) is 0 Å². The summed E-state index contributed by atoms with van der Waals surface area (Å²) in [6.45, 7) is 3.05. The van der Waals surface area contributed by atoms with Crippen LogP contribution in [-0.4, -0.2) is 0 Å². The minimum atomic E-state index is 0.415. The number of hydrogen-bond acceptors (Lipinski definition) is 0. The summed E-state index contributed by atoms with van der Waals surface area (Å²) in [5.41, 5.74) is 2.44. The van der Waals surface area contributed by atoms with Gasteiger partial charge in [0, 0.05) is 16.1 Å². The first-order chi connectivity index (χ1) is 8.66. The molecular formula is C15H16Cl2N+. The predicted molar refractivity (Wildman–Crippen MR) is 76.9 cm³/mol. The maximum absolute atomic E-state index is 6.15. The van der Waals surface area contributed by atoms with Crippen molar-refractivity contribution < 1.29 is 5.32 Å². The summed E-state index contributed by atoms with van der Waals surface area (Å²) in [6, 6.07) is 16.5. The van der Waals surface area contributed by atoms with E-state index in [1.54, 1.807) is 6.07 Å². The quantitative estimate of drug-likeness (QED) is 0.877. The fourth-order valence-electron chi connectivity index (χ4n) is 1.88. The van der Waals surface area contributed by atoms with Gasteiger partial charge in [-0.15, -0.1) is 0 Å².